The summed E-state index contributed by atoms with van der Waals surface area (Å²) in [6, 6.07) is 16.1. The van der Waals surface area contributed by atoms with Crippen LogP contribution in [-0.4, -0.2) is 15.7 Å². The van der Waals surface area contributed by atoms with Crippen molar-refractivity contribution in [2.24, 2.45) is 0 Å². The molecular formula is C19H13BrFN3OS. The Morgan fingerprint density at radius 2 is 1.96 bits per heavy atom. The number of rotatable bonds is 3. The van der Waals surface area contributed by atoms with Crippen molar-refractivity contribution < 1.29 is 9.18 Å². The van der Waals surface area contributed by atoms with E-state index in [0.29, 0.717) is 9.35 Å². The van der Waals surface area contributed by atoms with Crippen LogP contribution in [0.2, 0.25) is 0 Å². The number of nitrogens with zero attached hydrogens (tertiary/aromatic N) is 2. The molecule has 0 radical (unpaired) electrons. The lowest BCUT2D eigenvalue weighted by Crippen LogP contribution is -2.11. The molecule has 0 aliphatic heterocycles. The molecule has 0 saturated carbocycles. The van der Waals surface area contributed by atoms with Gasteiger partial charge in [-0.15, -0.1) is 11.3 Å². The van der Waals surface area contributed by atoms with E-state index in [1.54, 1.807) is 12.1 Å². The largest absolute Gasteiger partial charge is 0.319 e. The summed E-state index contributed by atoms with van der Waals surface area (Å²) >= 11 is 4.54. The fraction of sp³-hybridized carbons (Fsp3) is 0.0526. The minimum atomic E-state index is -0.486. The summed E-state index contributed by atoms with van der Waals surface area (Å²) in [5.41, 5.74) is 1.92. The van der Waals surface area contributed by atoms with Gasteiger partial charge in [-0.25, -0.2) is 9.07 Å². The van der Waals surface area contributed by atoms with Crippen LogP contribution in [0, 0.1) is 12.7 Å². The first kappa shape index (κ1) is 16.9. The molecule has 1 N–H and O–H groups in total. The number of carbonyl (C=O) groups is 1. The summed E-state index contributed by atoms with van der Waals surface area (Å²) in [7, 11) is 0. The first-order valence-electron chi connectivity index (χ1n) is 7.84. The van der Waals surface area contributed by atoms with Crippen LogP contribution in [0.25, 0.3) is 15.9 Å². The number of aromatic nitrogens is 2. The number of para-hydroxylation sites is 1. The van der Waals surface area contributed by atoms with E-state index < -0.39 is 5.82 Å². The zero-order valence-corrected chi connectivity index (χ0v) is 16.1. The molecule has 0 atom stereocenters. The van der Waals surface area contributed by atoms with Crippen LogP contribution in [0.15, 0.2) is 59.1 Å². The number of fused-ring (bicyclic) bond motifs is 1. The number of hydrogen-bond acceptors (Lipinski definition) is 3. The number of hydrogen-bond donors (Lipinski definition) is 1. The van der Waals surface area contributed by atoms with Gasteiger partial charge in [0.15, 0.2) is 0 Å². The lowest BCUT2D eigenvalue weighted by molar-refractivity contribution is 0.103. The zero-order chi connectivity index (χ0) is 18.3. The SMILES string of the molecule is Cc1nn(-c2ccccc2)c2sc(C(=O)Nc3ccc(Br)cc3F)cc12. The van der Waals surface area contributed by atoms with E-state index in [1.165, 1.54) is 23.5 Å². The average molecular weight is 430 g/mol. The van der Waals surface area contributed by atoms with Crippen LogP contribution in [0.5, 0.6) is 0 Å². The number of halogens is 2. The minimum Gasteiger partial charge on any atom is -0.319 e. The molecule has 7 heteroatoms. The molecular weight excluding hydrogens is 417 g/mol. The zero-order valence-electron chi connectivity index (χ0n) is 13.7. The molecule has 4 nitrogen and oxygen atoms in total. The Hall–Kier alpha value is -2.51. The molecule has 0 aliphatic rings. The van der Waals surface area contributed by atoms with Crippen molar-refractivity contribution in [3.63, 3.8) is 0 Å². The second-order valence-electron chi connectivity index (χ2n) is 5.74. The van der Waals surface area contributed by atoms with Crippen molar-refractivity contribution in [1.29, 1.82) is 0 Å². The van der Waals surface area contributed by atoms with E-state index in [9.17, 15) is 9.18 Å². The number of anilines is 1. The molecule has 2 aromatic carbocycles. The Morgan fingerprint density at radius 3 is 2.69 bits per heavy atom. The van der Waals surface area contributed by atoms with Crippen LogP contribution < -0.4 is 5.32 Å². The number of carbonyl (C=O) groups excluding carboxylic acids is 1. The first-order chi connectivity index (χ1) is 12.5. The standard InChI is InChI=1S/C19H13BrFN3OS/c1-11-14-10-17(18(25)22-16-8-7-12(20)9-15(16)21)26-19(14)24(23-11)13-5-3-2-4-6-13/h2-10H,1H3,(H,22,25). The van der Waals surface area contributed by atoms with Gasteiger partial charge in [0, 0.05) is 9.86 Å². The van der Waals surface area contributed by atoms with Crippen LogP contribution >= 0.6 is 27.3 Å². The third-order valence-electron chi connectivity index (χ3n) is 3.95. The van der Waals surface area contributed by atoms with E-state index in [4.69, 9.17) is 0 Å². The van der Waals surface area contributed by atoms with Gasteiger partial charge in [0.25, 0.3) is 5.91 Å². The number of nitrogens with one attached hydrogen (secondary N) is 1. The van der Waals surface area contributed by atoms with Gasteiger partial charge in [-0.05, 0) is 43.3 Å². The van der Waals surface area contributed by atoms with Gasteiger partial charge < -0.3 is 5.32 Å². The summed E-state index contributed by atoms with van der Waals surface area (Å²) < 4.78 is 16.4. The minimum absolute atomic E-state index is 0.150. The summed E-state index contributed by atoms with van der Waals surface area (Å²) in [6.45, 7) is 1.91. The summed E-state index contributed by atoms with van der Waals surface area (Å²) in [5.74, 6) is -0.827. The summed E-state index contributed by atoms with van der Waals surface area (Å²) in [5, 5.41) is 8.10. The maximum Gasteiger partial charge on any atom is 0.265 e. The Labute approximate surface area is 161 Å². The van der Waals surface area contributed by atoms with Gasteiger partial charge in [0.05, 0.1) is 21.9 Å². The van der Waals surface area contributed by atoms with Crippen molar-refractivity contribution in [3.05, 3.63) is 75.5 Å². The van der Waals surface area contributed by atoms with Crippen molar-refractivity contribution in [3.8, 4) is 5.69 Å². The van der Waals surface area contributed by atoms with Crippen LogP contribution in [0.1, 0.15) is 15.4 Å². The Balaban J connectivity index is 1.70. The second kappa shape index (κ2) is 6.66. The van der Waals surface area contributed by atoms with Gasteiger partial charge in [-0.2, -0.15) is 5.10 Å². The first-order valence-corrected chi connectivity index (χ1v) is 9.45. The molecule has 0 fully saturated rings. The predicted octanol–water partition coefficient (Wildman–Crippen LogP) is 5.55. The van der Waals surface area contributed by atoms with Crippen molar-refractivity contribution in [2.45, 2.75) is 6.92 Å². The van der Waals surface area contributed by atoms with E-state index in [-0.39, 0.29) is 11.6 Å². The highest BCUT2D eigenvalue weighted by molar-refractivity contribution is 9.10. The number of thiophene rings is 1. The normalized spacial score (nSPS) is 11.0. The molecule has 0 spiro atoms. The van der Waals surface area contributed by atoms with Gasteiger partial charge in [0.1, 0.15) is 10.6 Å². The Morgan fingerprint density at radius 1 is 1.19 bits per heavy atom. The van der Waals surface area contributed by atoms with Crippen molar-refractivity contribution in [2.75, 3.05) is 5.32 Å². The highest BCUT2D eigenvalue weighted by Crippen LogP contribution is 2.31. The smallest absolute Gasteiger partial charge is 0.265 e. The van der Waals surface area contributed by atoms with E-state index >= 15 is 0 Å². The topological polar surface area (TPSA) is 46.9 Å². The molecule has 0 saturated heterocycles. The van der Waals surface area contributed by atoms with Crippen molar-refractivity contribution in [1.82, 2.24) is 9.78 Å². The Kier molecular flexibility index (Phi) is 4.34. The monoisotopic (exact) mass is 429 g/mol. The predicted molar refractivity (Wildman–Crippen MR) is 106 cm³/mol. The molecule has 26 heavy (non-hydrogen) atoms. The number of benzene rings is 2. The van der Waals surface area contributed by atoms with Gasteiger partial charge in [0.2, 0.25) is 0 Å². The molecule has 2 aromatic heterocycles. The second-order valence-corrected chi connectivity index (χ2v) is 7.69. The Bertz CT molecular complexity index is 1120. The molecule has 0 unspecified atom stereocenters. The fourth-order valence-electron chi connectivity index (χ4n) is 2.68. The summed E-state index contributed by atoms with van der Waals surface area (Å²) in [4.78, 5) is 14.0. The maximum absolute atomic E-state index is 14.0. The van der Waals surface area contributed by atoms with Crippen LogP contribution in [0.3, 0.4) is 0 Å². The molecule has 130 valence electrons. The molecule has 0 aliphatic carbocycles. The fourth-order valence-corrected chi connectivity index (χ4v) is 4.09. The van der Waals surface area contributed by atoms with Crippen molar-refractivity contribution >= 4 is 49.1 Å². The lowest BCUT2D eigenvalue weighted by Gasteiger charge is -2.05. The maximum atomic E-state index is 14.0. The third kappa shape index (κ3) is 3.04. The average Bonchev–Trinajstić information content (AvgIpc) is 3.19. The summed E-state index contributed by atoms with van der Waals surface area (Å²) in [6.07, 6.45) is 0. The van der Waals surface area contributed by atoms with E-state index in [2.05, 4.69) is 26.3 Å². The molecule has 1 amide bonds. The highest BCUT2D eigenvalue weighted by atomic mass is 79.9. The van der Waals surface area contributed by atoms with Crippen LogP contribution in [-0.2, 0) is 0 Å². The van der Waals surface area contributed by atoms with Crippen LogP contribution in [0.4, 0.5) is 10.1 Å². The van der Waals surface area contributed by atoms with E-state index in [0.717, 1.165) is 21.6 Å². The lowest BCUT2D eigenvalue weighted by atomic mass is 10.2. The molecule has 4 rings (SSSR count). The number of amides is 1. The van der Waals surface area contributed by atoms with Gasteiger partial charge in [-0.3, -0.25) is 4.79 Å². The van der Waals surface area contributed by atoms with E-state index in [1.807, 2.05) is 41.9 Å². The highest BCUT2D eigenvalue weighted by Gasteiger charge is 2.18. The third-order valence-corrected chi connectivity index (χ3v) is 5.55. The van der Waals surface area contributed by atoms with Gasteiger partial charge >= 0.3 is 0 Å². The molecule has 2 heterocycles. The number of aryl methyl sites for hydroxylation is 1. The van der Waals surface area contributed by atoms with Gasteiger partial charge in [-0.1, -0.05) is 34.1 Å². The molecule has 4 aromatic rings. The quantitative estimate of drug-likeness (QED) is 0.463. The molecule has 0 bridgehead atoms.